The Balaban J connectivity index is 3.23. The average Bonchev–Trinajstić information content (AvgIpc) is 2.09. The molecule has 0 aliphatic carbocycles. The smallest absolute Gasteiger partial charge is 0.489 e. The fourth-order valence-electron chi connectivity index (χ4n) is 1.11. The highest BCUT2D eigenvalue weighted by Gasteiger charge is 2.17. The second-order valence-electron chi connectivity index (χ2n) is 2.67. The van der Waals surface area contributed by atoms with Crippen molar-refractivity contribution in [2.75, 3.05) is 7.11 Å². The van der Waals surface area contributed by atoms with E-state index in [0.29, 0.717) is 21.8 Å². The van der Waals surface area contributed by atoms with E-state index >= 15 is 0 Å². The molecule has 0 fully saturated rings. The van der Waals surface area contributed by atoms with Crippen molar-refractivity contribution in [3.05, 3.63) is 22.7 Å². The predicted molar refractivity (Wildman–Crippen MR) is 52.6 cm³/mol. The second kappa shape index (κ2) is 4.00. The van der Waals surface area contributed by atoms with Crippen LogP contribution in [0.5, 0.6) is 5.75 Å². The molecule has 0 amide bonds. The van der Waals surface area contributed by atoms with Crippen molar-refractivity contribution in [1.82, 2.24) is 0 Å². The summed E-state index contributed by atoms with van der Waals surface area (Å²) in [6.45, 7) is 1.76. The average molecular weight is 200 g/mol. The first kappa shape index (κ1) is 10.4. The van der Waals surface area contributed by atoms with Crippen LogP contribution in [0, 0.1) is 6.92 Å². The quantitative estimate of drug-likeness (QED) is 0.677. The molecule has 0 bridgehead atoms. The monoisotopic (exact) mass is 200 g/mol. The van der Waals surface area contributed by atoms with Crippen molar-refractivity contribution in [1.29, 1.82) is 0 Å². The van der Waals surface area contributed by atoms with Crippen LogP contribution in [0.4, 0.5) is 0 Å². The van der Waals surface area contributed by atoms with Gasteiger partial charge in [-0.25, -0.2) is 0 Å². The van der Waals surface area contributed by atoms with Crippen LogP contribution in [-0.4, -0.2) is 24.3 Å². The van der Waals surface area contributed by atoms with Crippen molar-refractivity contribution in [3.8, 4) is 5.75 Å². The molecular weight excluding hydrogens is 190 g/mol. The van der Waals surface area contributed by atoms with Crippen LogP contribution >= 0.6 is 11.6 Å². The minimum Gasteiger partial charge on any atom is -0.496 e. The van der Waals surface area contributed by atoms with Crippen LogP contribution in [0.1, 0.15) is 5.56 Å². The number of benzene rings is 1. The van der Waals surface area contributed by atoms with Crippen molar-refractivity contribution in [2.24, 2.45) is 0 Å². The fraction of sp³-hybridized carbons (Fsp3) is 0.250. The summed E-state index contributed by atoms with van der Waals surface area (Å²) < 4.78 is 5.01. The van der Waals surface area contributed by atoms with Gasteiger partial charge in [-0.15, -0.1) is 0 Å². The molecule has 1 rings (SSSR count). The number of ether oxygens (including phenoxy) is 1. The number of methoxy groups -OCH3 is 1. The molecule has 0 aliphatic heterocycles. The Hall–Kier alpha value is -0.705. The van der Waals surface area contributed by atoms with Gasteiger partial charge in [0.05, 0.1) is 7.11 Å². The normalized spacial score (nSPS) is 9.92. The third-order valence-electron chi connectivity index (χ3n) is 1.86. The summed E-state index contributed by atoms with van der Waals surface area (Å²) >= 11 is 5.87. The molecule has 3 nitrogen and oxygen atoms in total. The van der Waals surface area contributed by atoms with E-state index in [9.17, 15) is 0 Å². The van der Waals surface area contributed by atoms with E-state index in [1.807, 2.05) is 0 Å². The van der Waals surface area contributed by atoms with Crippen LogP contribution in [0.3, 0.4) is 0 Å². The number of hydrogen-bond donors (Lipinski definition) is 2. The van der Waals surface area contributed by atoms with Gasteiger partial charge in [0.25, 0.3) is 0 Å². The number of rotatable bonds is 2. The van der Waals surface area contributed by atoms with Crippen molar-refractivity contribution < 1.29 is 14.8 Å². The SMILES string of the molecule is COc1ccc(B(O)O)c(Cl)c1C. The first-order chi connectivity index (χ1) is 6.07. The first-order valence-electron chi connectivity index (χ1n) is 3.77. The van der Waals surface area contributed by atoms with E-state index in [-0.39, 0.29) is 0 Å². The van der Waals surface area contributed by atoms with E-state index in [1.165, 1.54) is 13.2 Å². The van der Waals surface area contributed by atoms with E-state index in [4.69, 9.17) is 26.4 Å². The molecule has 13 heavy (non-hydrogen) atoms. The Morgan fingerprint density at radius 1 is 1.38 bits per heavy atom. The lowest BCUT2D eigenvalue weighted by Gasteiger charge is -2.09. The second-order valence-corrected chi connectivity index (χ2v) is 3.05. The summed E-state index contributed by atoms with van der Waals surface area (Å²) in [6, 6.07) is 3.18. The highest BCUT2D eigenvalue weighted by atomic mass is 35.5. The largest absolute Gasteiger partial charge is 0.496 e. The maximum absolute atomic E-state index is 8.92. The van der Waals surface area contributed by atoms with Crippen LogP contribution in [0.2, 0.25) is 5.02 Å². The summed E-state index contributed by atoms with van der Waals surface area (Å²) in [5, 5.41) is 18.2. The molecule has 0 unspecified atom stereocenters. The molecule has 0 aromatic heterocycles. The highest BCUT2D eigenvalue weighted by molar-refractivity contribution is 6.62. The molecule has 5 heteroatoms. The van der Waals surface area contributed by atoms with Gasteiger partial charge in [0.1, 0.15) is 5.75 Å². The van der Waals surface area contributed by atoms with Gasteiger partial charge in [-0.05, 0) is 13.0 Å². The molecule has 0 saturated carbocycles. The molecule has 0 spiro atoms. The molecule has 0 radical (unpaired) electrons. The highest BCUT2D eigenvalue weighted by Crippen LogP contribution is 2.23. The van der Waals surface area contributed by atoms with Gasteiger partial charge in [0.2, 0.25) is 0 Å². The summed E-state index contributed by atoms with van der Waals surface area (Å²) in [5.41, 5.74) is 0.995. The Bertz CT molecular complexity index is 315. The maximum Gasteiger partial charge on any atom is 0.489 e. The minimum atomic E-state index is -1.54. The van der Waals surface area contributed by atoms with Crippen LogP contribution in [0.25, 0.3) is 0 Å². The van der Waals surface area contributed by atoms with Gasteiger partial charge >= 0.3 is 7.12 Å². The van der Waals surface area contributed by atoms with Gasteiger partial charge in [-0.2, -0.15) is 0 Å². The number of hydrogen-bond acceptors (Lipinski definition) is 3. The topological polar surface area (TPSA) is 49.7 Å². The van der Waals surface area contributed by atoms with Gasteiger partial charge < -0.3 is 14.8 Å². The Labute approximate surface area is 82.1 Å². The summed E-state index contributed by atoms with van der Waals surface area (Å²) in [5.74, 6) is 0.634. The molecule has 0 saturated heterocycles. The summed E-state index contributed by atoms with van der Waals surface area (Å²) in [4.78, 5) is 0. The van der Waals surface area contributed by atoms with Crippen molar-refractivity contribution >= 4 is 24.2 Å². The molecule has 0 aliphatic rings. The van der Waals surface area contributed by atoms with Crippen molar-refractivity contribution in [3.63, 3.8) is 0 Å². The summed E-state index contributed by atoms with van der Waals surface area (Å²) in [7, 11) is -0.00892. The Morgan fingerprint density at radius 2 is 2.00 bits per heavy atom. The zero-order valence-electron chi connectivity index (χ0n) is 7.41. The van der Waals surface area contributed by atoms with E-state index < -0.39 is 7.12 Å². The molecule has 0 atom stereocenters. The maximum atomic E-state index is 8.92. The zero-order valence-corrected chi connectivity index (χ0v) is 8.17. The van der Waals surface area contributed by atoms with Gasteiger partial charge in [0.15, 0.2) is 0 Å². The van der Waals surface area contributed by atoms with Crippen LogP contribution in [0.15, 0.2) is 12.1 Å². The van der Waals surface area contributed by atoms with Crippen LogP contribution < -0.4 is 10.2 Å². The Kier molecular flexibility index (Phi) is 3.19. The van der Waals surface area contributed by atoms with E-state index in [1.54, 1.807) is 13.0 Å². The molecular formula is C8H10BClO3. The molecule has 1 aromatic carbocycles. The minimum absolute atomic E-state index is 0.292. The van der Waals surface area contributed by atoms with Crippen LogP contribution in [-0.2, 0) is 0 Å². The lowest BCUT2D eigenvalue weighted by molar-refractivity contribution is 0.411. The zero-order chi connectivity index (χ0) is 10.0. The molecule has 0 heterocycles. The van der Waals surface area contributed by atoms with Gasteiger partial charge in [-0.1, -0.05) is 17.7 Å². The Morgan fingerprint density at radius 3 is 2.46 bits per heavy atom. The van der Waals surface area contributed by atoms with E-state index in [2.05, 4.69) is 0 Å². The predicted octanol–water partition coefficient (Wildman–Crippen LogP) is 0.337. The van der Waals surface area contributed by atoms with E-state index in [0.717, 1.165) is 0 Å². The van der Waals surface area contributed by atoms with Gasteiger partial charge in [-0.3, -0.25) is 0 Å². The third-order valence-corrected chi connectivity index (χ3v) is 2.37. The fourth-order valence-corrected chi connectivity index (χ4v) is 1.36. The third kappa shape index (κ3) is 1.96. The molecule has 70 valence electrons. The standard InChI is InChI=1S/C8H10BClO3/c1-5-7(13-2)4-3-6(8(5)10)9(11)12/h3-4,11-12H,1-2H3. The summed E-state index contributed by atoms with van der Waals surface area (Å²) in [6.07, 6.45) is 0. The lowest BCUT2D eigenvalue weighted by Crippen LogP contribution is -2.31. The van der Waals surface area contributed by atoms with Crippen molar-refractivity contribution in [2.45, 2.75) is 6.92 Å². The number of halogens is 1. The molecule has 1 aromatic rings. The molecule has 2 N–H and O–H groups in total. The first-order valence-corrected chi connectivity index (χ1v) is 4.15. The lowest BCUT2D eigenvalue weighted by atomic mass is 9.79. The van der Waals surface area contributed by atoms with Gasteiger partial charge in [0, 0.05) is 16.0 Å².